The lowest BCUT2D eigenvalue weighted by molar-refractivity contribution is 0.157. The third-order valence-corrected chi connectivity index (χ3v) is 2.87. The molecule has 0 aromatic heterocycles. The van der Waals surface area contributed by atoms with Crippen LogP contribution in [0.1, 0.15) is 37.4 Å². The Bertz CT molecular complexity index is 347. The van der Waals surface area contributed by atoms with Crippen molar-refractivity contribution in [1.29, 1.82) is 0 Å². The van der Waals surface area contributed by atoms with E-state index in [4.69, 9.17) is 0 Å². The third kappa shape index (κ3) is 2.75. The Balaban J connectivity index is 1.99. The van der Waals surface area contributed by atoms with Crippen molar-refractivity contribution in [1.82, 2.24) is 0 Å². The molecule has 1 aromatic rings. The highest BCUT2D eigenvalue weighted by molar-refractivity contribution is 5.20. The molecule has 0 saturated heterocycles. The van der Waals surface area contributed by atoms with E-state index in [9.17, 15) is 13.9 Å². The van der Waals surface area contributed by atoms with Crippen molar-refractivity contribution >= 4 is 0 Å². The van der Waals surface area contributed by atoms with Gasteiger partial charge in [-0.2, -0.15) is 0 Å². The summed E-state index contributed by atoms with van der Waals surface area (Å²) >= 11 is 0. The van der Waals surface area contributed by atoms with Gasteiger partial charge in [0.25, 0.3) is 0 Å². The minimum Gasteiger partial charge on any atom is -0.388 e. The van der Waals surface area contributed by atoms with Gasteiger partial charge in [0.1, 0.15) is 11.6 Å². The molecule has 0 spiro atoms. The Labute approximate surface area is 87.7 Å². The predicted molar refractivity (Wildman–Crippen MR) is 53.3 cm³/mol. The smallest absolute Gasteiger partial charge is 0.131 e. The summed E-state index contributed by atoms with van der Waals surface area (Å²) in [6.45, 7) is 0. The van der Waals surface area contributed by atoms with Crippen LogP contribution in [0.15, 0.2) is 18.2 Å². The van der Waals surface area contributed by atoms with Gasteiger partial charge in [0.05, 0.1) is 6.10 Å². The molecule has 1 atom stereocenters. The van der Waals surface area contributed by atoms with E-state index < -0.39 is 17.7 Å². The molecule has 1 saturated carbocycles. The van der Waals surface area contributed by atoms with Gasteiger partial charge >= 0.3 is 0 Å². The molecular formula is C12H14F2O. The summed E-state index contributed by atoms with van der Waals surface area (Å²) in [5, 5.41) is 9.71. The van der Waals surface area contributed by atoms with Crippen LogP contribution in [0, 0.1) is 17.6 Å². The molecular weight excluding hydrogens is 198 g/mol. The number of hydrogen-bond donors (Lipinski definition) is 1. The van der Waals surface area contributed by atoms with Crippen molar-refractivity contribution in [3.63, 3.8) is 0 Å². The maximum atomic E-state index is 13.2. The van der Waals surface area contributed by atoms with Crippen LogP contribution < -0.4 is 0 Å². The molecule has 2 rings (SSSR count). The summed E-state index contributed by atoms with van der Waals surface area (Å²) in [6, 6.07) is 3.32. The molecule has 1 aliphatic rings. The first-order valence-corrected chi connectivity index (χ1v) is 5.30. The third-order valence-electron chi connectivity index (χ3n) is 2.87. The van der Waals surface area contributed by atoms with Crippen LogP contribution in [0.3, 0.4) is 0 Å². The lowest BCUT2D eigenvalue weighted by Gasteiger charge is -2.11. The van der Waals surface area contributed by atoms with Crippen LogP contribution in [0.4, 0.5) is 8.78 Å². The summed E-state index contributed by atoms with van der Waals surface area (Å²) in [4.78, 5) is 0. The molecule has 1 aliphatic carbocycles. The maximum absolute atomic E-state index is 13.2. The van der Waals surface area contributed by atoms with Gasteiger partial charge in [-0.25, -0.2) is 8.78 Å². The summed E-state index contributed by atoms with van der Waals surface area (Å²) in [5.74, 6) is -0.549. The Hall–Kier alpha value is -0.960. The number of rotatable bonds is 4. The van der Waals surface area contributed by atoms with E-state index in [2.05, 4.69) is 0 Å². The highest BCUT2D eigenvalue weighted by Crippen LogP contribution is 2.36. The van der Waals surface area contributed by atoms with Gasteiger partial charge in [-0.1, -0.05) is 18.9 Å². The van der Waals surface area contributed by atoms with Gasteiger partial charge in [-0.05, 0) is 24.8 Å². The second-order valence-electron chi connectivity index (χ2n) is 4.20. The number of aliphatic hydroxyl groups is 1. The zero-order chi connectivity index (χ0) is 10.8. The second kappa shape index (κ2) is 4.27. The first-order chi connectivity index (χ1) is 7.16. The van der Waals surface area contributed by atoms with Crippen LogP contribution in [0.5, 0.6) is 0 Å². The first-order valence-electron chi connectivity index (χ1n) is 5.30. The standard InChI is InChI=1S/C12H14F2O/c13-9-4-5-10(11(14)7-9)12(15)6-3-8-1-2-8/h4-5,7-8,12,15H,1-3,6H2. The van der Waals surface area contributed by atoms with Gasteiger partial charge < -0.3 is 5.11 Å². The zero-order valence-electron chi connectivity index (χ0n) is 8.42. The van der Waals surface area contributed by atoms with E-state index in [-0.39, 0.29) is 5.56 Å². The minimum atomic E-state index is -0.800. The van der Waals surface area contributed by atoms with Crippen LogP contribution in [-0.2, 0) is 0 Å². The monoisotopic (exact) mass is 212 g/mol. The second-order valence-corrected chi connectivity index (χ2v) is 4.20. The Morgan fingerprint density at radius 3 is 2.67 bits per heavy atom. The van der Waals surface area contributed by atoms with E-state index in [1.54, 1.807) is 0 Å². The molecule has 3 heteroatoms. The fraction of sp³-hybridized carbons (Fsp3) is 0.500. The predicted octanol–water partition coefficient (Wildman–Crippen LogP) is 3.19. The molecule has 1 fully saturated rings. The Morgan fingerprint density at radius 2 is 2.07 bits per heavy atom. The van der Waals surface area contributed by atoms with Crippen molar-refractivity contribution in [3.05, 3.63) is 35.4 Å². The molecule has 0 bridgehead atoms. The Morgan fingerprint density at radius 1 is 1.33 bits per heavy atom. The summed E-state index contributed by atoms with van der Waals surface area (Å²) < 4.78 is 25.9. The first kappa shape index (κ1) is 10.6. The van der Waals surface area contributed by atoms with E-state index in [1.807, 2.05) is 0 Å². The van der Waals surface area contributed by atoms with Gasteiger partial charge in [-0.15, -0.1) is 0 Å². The van der Waals surface area contributed by atoms with Gasteiger partial charge in [-0.3, -0.25) is 0 Å². The van der Waals surface area contributed by atoms with Gasteiger partial charge in [0, 0.05) is 11.6 Å². The van der Waals surface area contributed by atoms with Gasteiger partial charge in [0.15, 0.2) is 0 Å². The van der Waals surface area contributed by atoms with Crippen LogP contribution >= 0.6 is 0 Å². The van der Waals surface area contributed by atoms with Crippen LogP contribution in [0.25, 0.3) is 0 Å². The highest BCUT2D eigenvalue weighted by atomic mass is 19.1. The summed E-state index contributed by atoms with van der Waals surface area (Å²) in [7, 11) is 0. The molecule has 1 unspecified atom stereocenters. The zero-order valence-corrected chi connectivity index (χ0v) is 8.42. The average Bonchev–Trinajstić information content (AvgIpc) is 2.97. The highest BCUT2D eigenvalue weighted by Gasteiger charge is 2.23. The van der Waals surface area contributed by atoms with Crippen molar-refractivity contribution in [3.8, 4) is 0 Å². The molecule has 82 valence electrons. The topological polar surface area (TPSA) is 20.2 Å². The average molecular weight is 212 g/mol. The van der Waals surface area contributed by atoms with Crippen molar-refractivity contribution in [2.75, 3.05) is 0 Å². The van der Waals surface area contributed by atoms with E-state index in [0.717, 1.165) is 12.5 Å². The molecule has 1 nitrogen and oxygen atoms in total. The summed E-state index contributed by atoms with van der Waals surface area (Å²) in [6.07, 6.45) is 3.13. The van der Waals surface area contributed by atoms with Crippen LogP contribution in [-0.4, -0.2) is 5.11 Å². The molecule has 0 aliphatic heterocycles. The molecule has 0 heterocycles. The van der Waals surface area contributed by atoms with Crippen molar-refractivity contribution < 1.29 is 13.9 Å². The summed E-state index contributed by atoms with van der Waals surface area (Å²) in [5.41, 5.74) is 0.206. The number of hydrogen-bond acceptors (Lipinski definition) is 1. The molecule has 15 heavy (non-hydrogen) atoms. The molecule has 0 radical (unpaired) electrons. The molecule has 1 aromatic carbocycles. The fourth-order valence-electron chi connectivity index (χ4n) is 1.73. The lowest BCUT2D eigenvalue weighted by Crippen LogP contribution is -2.01. The molecule has 1 N–H and O–H groups in total. The molecule has 0 amide bonds. The quantitative estimate of drug-likeness (QED) is 0.812. The SMILES string of the molecule is OC(CCC1CC1)c1ccc(F)cc1F. The fourth-order valence-corrected chi connectivity index (χ4v) is 1.73. The van der Waals surface area contributed by atoms with E-state index in [1.165, 1.54) is 25.0 Å². The lowest BCUT2D eigenvalue weighted by atomic mass is 10.0. The van der Waals surface area contributed by atoms with Gasteiger partial charge in [0.2, 0.25) is 0 Å². The Kier molecular flexibility index (Phi) is 3.00. The number of halogens is 2. The van der Waals surface area contributed by atoms with Crippen LogP contribution in [0.2, 0.25) is 0 Å². The number of benzene rings is 1. The van der Waals surface area contributed by atoms with Crippen molar-refractivity contribution in [2.24, 2.45) is 5.92 Å². The largest absolute Gasteiger partial charge is 0.388 e. The number of aliphatic hydroxyl groups excluding tert-OH is 1. The minimum absolute atomic E-state index is 0.206. The maximum Gasteiger partial charge on any atom is 0.131 e. The van der Waals surface area contributed by atoms with E-state index in [0.29, 0.717) is 12.3 Å². The van der Waals surface area contributed by atoms with Crippen molar-refractivity contribution in [2.45, 2.75) is 31.8 Å². The van der Waals surface area contributed by atoms with E-state index >= 15 is 0 Å². The normalized spacial score (nSPS) is 17.8.